The summed E-state index contributed by atoms with van der Waals surface area (Å²) in [6.07, 6.45) is 1.94. The molecule has 106 valence electrons. The molecule has 2 heterocycles. The lowest BCUT2D eigenvalue weighted by Crippen LogP contribution is -2.38. The van der Waals surface area contributed by atoms with Crippen LogP contribution in [0.15, 0.2) is 6.20 Å². The van der Waals surface area contributed by atoms with Crippen molar-refractivity contribution in [2.45, 2.75) is 39.8 Å². The molecule has 5 heteroatoms. The normalized spacial score (nSPS) is 16.7. The molecule has 0 spiro atoms. The van der Waals surface area contributed by atoms with Crippen molar-refractivity contribution in [2.24, 2.45) is 0 Å². The molecule has 1 N–H and O–H groups in total. The summed E-state index contributed by atoms with van der Waals surface area (Å²) in [7, 11) is 0. The molecule has 1 aromatic heterocycles. The Hall–Kier alpha value is -1.20. The zero-order chi connectivity index (χ0) is 13.9. The van der Waals surface area contributed by atoms with Gasteiger partial charge in [-0.15, -0.1) is 0 Å². The number of aromatic nitrogens is 2. The first-order valence-corrected chi connectivity index (χ1v) is 6.86. The van der Waals surface area contributed by atoms with E-state index in [0.717, 1.165) is 50.1 Å². The fourth-order valence-corrected chi connectivity index (χ4v) is 1.93. The van der Waals surface area contributed by atoms with Gasteiger partial charge >= 0.3 is 0 Å². The molecule has 2 rings (SSSR count). The number of nitrogens with one attached hydrogen (secondary N) is 1. The van der Waals surface area contributed by atoms with Crippen LogP contribution in [-0.4, -0.2) is 41.8 Å². The Morgan fingerprint density at radius 3 is 2.58 bits per heavy atom. The van der Waals surface area contributed by atoms with Crippen molar-refractivity contribution in [1.29, 1.82) is 0 Å². The minimum atomic E-state index is 0.106. The lowest BCUT2D eigenvalue weighted by Gasteiger charge is -2.27. The fraction of sp³-hybridized carbons (Fsp3) is 0.714. The topological polar surface area (TPSA) is 50.3 Å². The summed E-state index contributed by atoms with van der Waals surface area (Å²) in [5.41, 5.74) is 2.31. The first-order valence-electron chi connectivity index (χ1n) is 6.86. The molecule has 1 aliphatic heterocycles. The Balaban J connectivity index is 2.04. The lowest BCUT2D eigenvalue weighted by atomic mass is 10.1. The summed E-state index contributed by atoms with van der Waals surface area (Å²) < 4.78 is 5.34. The molecular weight excluding hydrogens is 240 g/mol. The Bertz CT molecular complexity index is 422. The van der Waals surface area contributed by atoms with Crippen LogP contribution < -0.4 is 10.2 Å². The second-order valence-corrected chi connectivity index (χ2v) is 5.98. The van der Waals surface area contributed by atoms with E-state index in [9.17, 15) is 0 Å². The van der Waals surface area contributed by atoms with Crippen molar-refractivity contribution in [2.75, 3.05) is 31.2 Å². The smallest absolute Gasteiger partial charge is 0.225 e. The average Bonchev–Trinajstić information content (AvgIpc) is 2.37. The van der Waals surface area contributed by atoms with E-state index in [0.29, 0.717) is 0 Å². The quantitative estimate of drug-likeness (QED) is 0.897. The maximum absolute atomic E-state index is 5.34. The van der Waals surface area contributed by atoms with Gasteiger partial charge in [-0.2, -0.15) is 0 Å². The van der Waals surface area contributed by atoms with Crippen molar-refractivity contribution in [3.05, 3.63) is 17.5 Å². The van der Waals surface area contributed by atoms with E-state index in [1.165, 1.54) is 0 Å². The van der Waals surface area contributed by atoms with Crippen molar-refractivity contribution in [1.82, 2.24) is 15.3 Å². The van der Waals surface area contributed by atoms with Gasteiger partial charge in [0.05, 0.1) is 13.2 Å². The van der Waals surface area contributed by atoms with E-state index >= 15 is 0 Å². The summed E-state index contributed by atoms with van der Waals surface area (Å²) in [6, 6.07) is 0. The monoisotopic (exact) mass is 264 g/mol. The standard InChI is InChI=1S/C14H24N4O/c1-11-12(10-16-14(2,3)4)9-15-13(17-11)18-5-7-19-8-6-18/h9,16H,5-8,10H2,1-4H3. The minimum absolute atomic E-state index is 0.106. The summed E-state index contributed by atoms with van der Waals surface area (Å²) >= 11 is 0. The highest BCUT2D eigenvalue weighted by Gasteiger charge is 2.15. The molecule has 0 saturated carbocycles. The zero-order valence-corrected chi connectivity index (χ0v) is 12.4. The largest absolute Gasteiger partial charge is 0.378 e. The number of aryl methyl sites for hydroxylation is 1. The van der Waals surface area contributed by atoms with E-state index < -0.39 is 0 Å². The third kappa shape index (κ3) is 4.14. The highest BCUT2D eigenvalue weighted by atomic mass is 16.5. The molecule has 1 fully saturated rings. The summed E-state index contributed by atoms with van der Waals surface area (Å²) in [5.74, 6) is 0.820. The second kappa shape index (κ2) is 5.84. The molecule has 0 aromatic carbocycles. The molecule has 0 bridgehead atoms. The van der Waals surface area contributed by atoms with Crippen molar-refractivity contribution < 1.29 is 4.74 Å². The van der Waals surface area contributed by atoms with Crippen molar-refractivity contribution in [3.8, 4) is 0 Å². The molecule has 5 nitrogen and oxygen atoms in total. The number of nitrogens with zero attached hydrogens (tertiary/aromatic N) is 3. The van der Waals surface area contributed by atoms with Crippen LogP contribution in [0, 0.1) is 6.92 Å². The van der Waals surface area contributed by atoms with Crippen LogP contribution in [0.2, 0.25) is 0 Å². The second-order valence-electron chi connectivity index (χ2n) is 5.98. The Morgan fingerprint density at radius 2 is 2.00 bits per heavy atom. The van der Waals surface area contributed by atoms with Crippen molar-refractivity contribution >= 4 is 5.95 Å². The number of hydrogen-bond donors (Lipinski definition) is 1. The van der Waals surface area contributed by atoms with Gasteiger partial charge in [-0.05, 0) is 27.7 Å². The van der Waals surface area contributed by atoms with Gasteiger partial charge in [0.1, 0.15) is 0 Å². The van der Waals surface area contributed by atoms with E-state index in [1.54, 1.807) is 0 Å². The number of ether oxygens (including phenoxy) is 1. The van der Waals surface area contributed by atoms with Crippen molar-refractivity contribution in [3.63, 3.8) is 0 Å². The Morgan fingerprint density at radius 1 is 1.32 bits per heavy atom. The molecular formula is C14H24N4O. The molecule has 1 aliphatic rings. The molecule has 1 saturated heterocycles. The van der Waals surface area contributed by atoms with E-state index in [2.05, 4.69) is 41.0 Å². The summed E-state index contributed by atoms with van der Waals surface area (Å²) in [5, 5.41) is 3.46. The van der Waals surface area contributed by atoms with Gasteiger partial charge in [-0.1, -0.05) is 0 Å². The Labute approximate surface area is 115 Å². The van der Waals surface area contributed by atoms with Gasteiger partial charge < -0.3 is 15.0 Å². The van der Waals surface area contributed by atoms with E-state index in [4.69, 9.17) is 4.74 Å². The lowest BCUT2D eigenvalue weighted by molar-refractivity contribution is 0.122. The molecule has 19 heavy (non-hydrogen) atoms. The molecule has 1 aromatic rings. The fourth-order valence-electron chi connectivity index (χ4n) is 1.93. The predicted molar refractivity (Wildman–Crippen MR) is 76.4 cm³/mol. The summed E-state index contributed by atoms with van der Waals surface area (Å²) in [4.78, 5) is 11.3. The summed E-state index contributed by atoms with van der Waals surface area (Å²) in [6.45, 7) is 12.6. The van der Waals surface area contributed by atoms with Gasteiger partial charge in [0, 0.05) is 42.6 Å². The van der Waals surface area contributed by atoms with Gasteiger partial charge in [-0.25, -0.2) is 9.97 Å². The number of hydrogen-bond acceptors (Lipinski definition) is 5. The van der Waals surface area contributed by atoms with E-state index in [-0.39, 0.29) is 5.54 Å². The highest BCUT2D eigenvalue weighted by molar-refractivity contribution is 5.33. The van der Waals surface area contributed by atoms with Gasteiger partial charge in [0.2, 0.25) is 5.95 Å². The van der Waals surface area contributed by atoms with Gasteiger partial charge in [0.15, 0.2) is 0 Å². The average molecular weight is 264 g/mol. The Kier molecular flexibility index (Phi) is 4.37. The third-order valence-electron chi connectivity index (χ3n) is 3.17. The van der Waals surface area contributed by atoms with Crippen LogP contribution in [-0.2, 0) is 11.3 Å². The van der Waals surface area contributed by atoms with E-state index in [1.807, 2.05) is 13.1 Å². The zero-order valence-electron chi connectivity index (χ0n) is 12.4. The van der Waals surface area contributed by atoms with Crippen LogP contribution in [0.3, 0.4) is 0 Å². The van der Waals surface area contributed by atoms with Crippen LogP contribution in [0.1, 0.15) is 32.0 Å². The first-order chi connectivity index (χ1) is 8.96. The van der Waals surface area contributed by atoms with Crippen LogP contribution >= 0.6 is 0 Å². The van der Waals surface area contributed by atoms with Gasteiger partial charge in [-0.3, -0.25) is 0 Å². The van der Waals surface area contributed by atoms with Crippen LogP contribution in [0.25, 0.3) is 0 Å². The predicted octanol–water partition coefficient (Wildman–Crippen LogP) is 1.51. The molecule has 0 aliphatic carbocycles. The third-order valence-corrected chi connectivity index (χ3v) is 3.17. The maximum Gasteiger partial charge on any atom is 0.225 e. The number of rotatable bonds is 3. The molecule has 0 radical (unpaired) electrons. The minimum Gasteiger partial charge on any atom is -0.378 e. The highest BCUT2D eigenvalue weighted by Crippen LogP contribution is 2.13. The maximum atomic E-state index is 5.34. The molecule has 0 atom stereocenters. The SMILES string of the molecule is Cc1nc(N2CCOCC2)ncc1CNC(C)(C)C. The number of morpholine rings is 1. The molecule has 0 unspecified atom stereocenters. The van der Waals surface area contributed by atoms with Crippen LogP contribution in [0.5, 0.6) is 0 Å². The first kappa shape index (κ1) is 14.2. The molecule has 0 amide bonds. The van der Waals surface area contributed by atoms with Gasteiger partial charge in [0.25, 0.3) is 0 Å². The van der Waals surface area contributed by atoms with Crippen LogP contribution in [0.4, 0.5) is 5.95 Å². The number of anilines is 1.